The van der Waals surface area contributed by atoms with Crippen LogP contribution in [-0.4, -0.2) is 0 Å². The lowest BCUT2D eigenvalue weighted by Crippen LogP contribution is -1.91. The smallest absolute Gasteiger partial charge is 0.0616 e. The third kappa shape index (κ3) is 2.93. The van der Waals surface area contributed by atoms with E-state index in [-0.39, 0.29) is 0 Å². The van der Waals surface area contributed by atoms with Crippen LogP contribution in [-0.2, 0) is 0 Å². The molecule has 0 atom stereocenters. The van der Waals surface area contributed by atoms with Crippen LogP contribution in [0.1, 0.15) is 2.74 Å². The van der Waals surface area contributed by atoms with E-state index in [1.165, 1.54) is 21.5 Å². The average molecular weight is 433 g/mol. The summed E-state index contributed by atoms with van der Waals surface area (Å²) in [6, 6.07) is 42.8. The Hall–Kier alpha value is -4.42. The first-order chi connectivity index (χ1) is 17.7. The predicted molar refractivity (Wildman–Crippen MR) is 147 cm³/mol. The molecule has 0 aliphatic rings. The molecule has 0 amide bonds. The number of benzene rings is 7. The van der Waals surface area contributed by atoms with Crippen LogP contribution in [0.25, 0.3) is 65.3 Å². The zero-order valence-electron chi connectivity index (χ0n) is 20.5. The molecule has 0 heteroatoms. The first-order valence-electron chi connectivity index (χ1n) is 12.6. The molecule has 158 valence electrons. The lowest BCUT2D eigenvalue weighted by molar-refractivity contribution is 1.68. The van der Waals surface area contributed by atoms with E-state index >= 15 is 0 Å². The van der Waals surface area contributed by atoms with Gasteiger partial charge in [-0.2, -0.15) is 0 Å². The van der Waals surface area contributed by atoms with E-state index < -0.39 is 0 Å². The van der Waals surface area contributed by atoms with Crippen molar-refractivity contribution < 1.29 is 2.74 Å². The zero-order valence-corrected chi connectivity index (χ0v) is 18.5. The average Bonchev–Trinajstić information content (AvgIpc) is 2.91. The Bertz CT molecular complexity index is 1820. The third-order valence-corrected chi connectivity index (χ3v) is 6.88. The lowest BCUT2D eigenvalue weighted by Gasteiger charge is -2.18. The molecule has 7 rings (SSSR count). The maximum Gasteiger partial charge on any atom is 0.0623 e. The van der Waals surface area contributed by atoms with Crippen LogP contribution in [0.2, 0.25) is 0 Å². The Labute approximate surface area is 201 Å². The van der Waals surface area contributed by atoms with E-state index in [4.69, 9.17) is 2.74 Å². The van der Waals surface area contributed by atoms with Gasteiger partial charge in [0.25, 0.3) is 0 Å². The van der Waals surface area contributed by atoms with Gasteiger partial charge >= 0.3 is 0 Å². The molecule has 0 spiro atoms. The van der Waals surface area contributed by atoms with E-state index in [1.807, 2.05) is 24.3 Å². The van der Waals surface area contributed by atoms with Gasteiger partial charge in [-0.15, -0.1) is 0 Å². The van der Waals surface area contributed by atoms with Gasteiger partial charge in [-0.25, -0.2) is 0 Å². The summed E-state index contributed by atoms with van der Waals surface area (Å²) in [5.74, 6) is 0. The van der Waals surface area contributed by atoms with Crippen molar-refractivity contribution in [2.45, 2.75) is 0 Å². The Morgan fingerprint density at radius 2 is 0.765 bits per heavy atom. The summed E-state index contributed by atoms with van der Waals surface area (Å²) >= 11 is 0. The first-order valence-corrected chi connectivity index (χ1v) is 11.6. The zero-order chi connectivity index (χ0) is 24.2. The minimum atomic E-state index is 0.491. The molecular formula is C34H22. The minimum Gasteiger partial charge on any atom is -0.0616 e. The first kappa shape index (κ1) is 17.1. The molecule has 0 aliphatic heterocycles. The molecule has 0 unspecified atom stereocenters. The summed E-state index contributed by atoms with van der Waals surface area (Å²) in [4.78, 5) is 0. The number of hydrogen-bond acceptors (Lipinski definition) is 0. The molecule has 0 nitrogen and oxygen atoms in total. The summed E-state index contributed by atoms with van der Waals surface area (Å²) in [6.07, 6.45) is 0. The lowest BCUT2D eigenvalue weighted by atomic mass is 9.85. The van der Waals surface area contributed by atoms with Crippen molar-refractivity contribution in [3.63, 3.8) is 0 Å². The predicted octanol–water partition coefficient (Wildman–Crippen LogP) is 9.63. The molecule has 0 N–H and O–H groups in total. The maximum atomic E-state index is 8.46. The van der Waals surface area contributed by atoms with Crippen LogP contribution in [0.4, 0.5) is 0 Å². The van der Waals surface area contributed by atoms with Crippen LogP contribution in [0, 0.1) is 0 Å². The van der Waals surface area contributed by atoms with Crippen molar-refractivity contribution in [3.8, 4) is 22.3 Å². The number of fused-ring (bicyclic) bond motifs is 4. The van der Waals surface area contributed by atoms with Gasteiger partial charge in [0.15, 0.2) is 0 Å². The Balaban J connectivity index is 1.64. The van der Waals surface area contributed by atoms with Gasteiger partial charge in [-0.1, -0.05) is 121 Å². The summed E-state index contributed by atoms with van der Waals surface area (Å²) < 4.78 is 16.9. The molecular weight excluding hydrogens is 408 g/mol. The molecule has 0 saturated heterocycles. The summed E-state index contributed by atoms with van der Waals surface area (Å²) in [5, 5.41) is 9.11. The van der Waals surface area contributed by atoms with Gasteiger partial charge in [-0.3, -0.25) is 0 Å². The van der Waals surface area contributed by atoms with Crippen molar-refractivity contribution in [2.75, 3.05) is 0 Å². The Morgan fingerprint density at radius 3 is 1.24 bits per heavy atom. The van der Waals surface area contributed by atoms with Gasteiger partial charge in [0.2, 0.25) is 0 Å². The van der Waals surface area contributed by atoms with Crippen LogP contribution >= 0.6 is 0 Å². The molecule has 34 heavy (non-hydrogen) atoms. The fourth-order valence-corrected chi connectivity index (χ4v) is 5.31. The van der Waals surface area contributed by atoms with E-state index in [0.717, 1.165) is 43.8 Å². The summed E-state index contributed by atoms with van der Waals surface area (Å²) in [7, 11) is 0. The summed E-state index contributed by atoms with van der Waals surface area (Å²) in [5.41, 5.74) is 4.47. The monoisotopic (exact) mass is 432 g/mol. The van der Waals surface area contributed by atoms with Crippen LogP contribution in [0.5, 0.6) is 0 Å². The van der Waals surface area contributed by atoms with E-state index in [1.54, 1.807) is 0 Å². The second kappa shape index (κ2) is 7.57. The highest BCUT2D eigenvalue weighted by atomic mass is 14.2. The number of hydrogen-bond donors (Lipinski definition) is 0. The molecule has 7 aromatic rings. The fraction of sp³-hybridized carbons (Fsp3) is 0. The normalized spacial score (nSPS) is 12.4. The highest BCUT2D eigenvalue weighted by Crippen LogP contribution is 2.44. The molecule has 0 saturated carbocycles. The molecule has 0 aromatic heterocycles. The molecule has 0 radical (unpaired) electrons. The highest BCUT2D eigenvalue weighted by molar-refractivity contribution is 6.22. The second-order valence-electron chi connectivity index (χ2n) is 8.82. The largest absolute Gasteiger partial charge is 0.0623 e. The van der Waals surface area contributed by atoms with Gasteiger partial charge in [0.05, 0.1) is 2.74 Å². The quantitative estimate of drug-likeness (QED) is 0.239. The maximum absolute atomic E-state index is 8.46. The van der Waals surface area contributed by atoms with E-state index in [0.29, 0.717) is 12.1 Å². The fourth-order valence-electron chi connectivity index (χ4n) is 5.31. The van der Waals surface area contributed by atoms with E-state index in [2.05, 4.69) is 97.1 Å². The van der Waals surface area contributed by atoms with Gasteiger partial charge in [-0.05, 0) is 77.5 Å². The molecule has 0 bridgehead atoms. The van der Waals surface area contributed by atoms with Gasteiger partial charge < -0.3 is 0 Å². The molecule has 0 heterocycles. The Morgan fingerprint density at radius 1 is 0.353 bits per heavy atom. The number of rotatable bonds is 2. The van der Waals surface area contributed by atoms with Crippen molar-refractivity contribution in [3.05, 3.63) is 133 Å². The van der Waals surface area contributed by atoms with Crippen molar-refractivity contribution in [2.24, 2.45) is 0 Å². The topological polar surface area (TPSA) is 0 Å². The van der Waals surface area contributed by atoms with Crippen LogP contribution < -0.4 is 0 Å². The highest BCUT2D eigenvalue weighted by Gasteiger charge is 2.16. The van der Waals surface area contributed by atoms with E-state index in [9.17, 15) is 0 Å². The second-order valence-corrected chi connectivity index (χ2v) is 8.82. The third-order valence-electron chi connectivity index (χ3n) is 6.88. The van der Waals surface area contributed by atoms with Crippen LogP contribution in [0.15, 0.2) is 133 Å². The van der Waals surface area contributed by atoms with Crippen molar-refractivity contribution >= 4 is 43.1 Å². The standard InChI is InChI=1S/C34H22/c1-3-11-25-21-27(19-17-23(25)9-1)33-29-13-5-7-15-31(29)34(32-16-8-6-14-30(32)33)28-20-18-24-10-2-4-12-26(24)22-28/h1-22H/i5D,8D. The Kier molecular flexibility index (Phi) is 3.81. The minimum absolute atomic E-state index is 0.491. The van der Waals surface area contributed by atoms with Crippen molar-refractivity contribution in [1.29, 1.82) is 0 Å². The molecule has 0 fully saturated rings. The summed E-state index contributed by atoms with van der Waals surface area (Å²) in [6.45, 7) is 0. The van der Waals surface area contributed by atoms with Gasteiger partial charge in [0.1, 0.15) is 0 Å². The SMILES string of the molecule is [2H]c1ccc2c(-c3ccc4ccccc4c3)c3cc([2H])ccc3c(-c3ccc4ccccc4c3)c2c1. The van der Waals surface area contributed by atoms with Crippen molar-refractivity contribution in [1.82, 2.24) is 0 Å². The molecule has 7 aromatic carbocycles. The molecule has 0 aliphatic carbocycles. The van der Waals surface area contributed by atoms with Crippen LogP contribution in [0.3, 0.4) is 0 Å². The van der Waals surface area contributed by atoms with Gasteiger partial charge in [0, 0.05) is 0 Å².